The lowest BCUT2D eigenvalue weighted by atomic mass is 9.85. The summed E-state index contributed by atoms with van der Waals surface area (Å²) in [6.45, 7) is 10.8. The first-order valence-electron chi connectivity index (χ1n) is 11.3. The fraction of sp³-hybridized carbons (Fsp3) is 0.905. The molecular weight excluding hydrogens is 354 g/mol. The molecule has 7 heteroatoms. The molecule has 3 rings (SSSR count). The smallest absolute Gasteiger partial charge is 0.223 e. The molecule has 0 aromatic carbocycles. The first-order valence-corrected chi connectivity index (χ1v) is 11.3. The zero-order chi connectivity index (χ0) is 19.8. The average Bonchev–Trinajstić information content (AvgIpc) is 3.51. The molecule has 3 fully saturated rings. The van der Waals surface area contributed by atoms with E-state index >= 15 is 0 Å². The number of carbonyl (C=O) groups excluding carboxylic acids is 1. The second kappa shape index (κ2) is 11.0. The van der Waals surface area contributed by atoms with Crippen molar-refractivity contribution in [3.8, 4) is 0 Å². The summed E-state index contributed by atoms with van der Waals surface area (Å²) in [7, 11) is 0. The van der Waals surface area contributed by atoms with Crippen molar-refractivity contribution >= 4 is 11.9 Å². The number of carbonyl (C=O) groups is 1. The molecule has 1 amide bonds. The van der Waals surface area contributed by atoms with Gasteiger partial charge >= 0.3 is 0 Å². The van der Waals surface area contributed by atoms with E-state index < -0.39 is 0 Å². The van der Waals surface area contributed by atoms with Crippen LogP contribution in [0.5, 0.6) is 0 Å². The van der Waals surface area contributed by atoms with Gasteiger partial charge in [-0.2, -0.15) is 0 Å². The van der Waals surface area contributed by atoms with E-state index in [1.165, 1.54) is 0 Å². The van der Waals surface area contributed by atoms with Gasteiger partial charge < -0.3 is 20.7 Å². The van der Waals surface area contributed by atoms with Crippen LogP contribution in [0.1, 0.15) is 52.4 Å². The van der Waals surface area contributed by atoms with Crippen LogP contribution in [0.25, 0.3) is 0 Å². The van der Waals surface area contributed by atoms with Crippen LogP contribution in [0, 0.1) is 11.8 Å². The lowest BCUT2D eigenvalue weighted by Gasteiger charge is -2.30. The summed E-state index contributed by atoms with van der Waals surface area (Å²) >= 11 is 0. The van der Waals surface area contributed by atoms with Crippen LogP contribution in [0.15, 0.2) is 4.99 Å². The fourth-order valence-corrected chi connectivity index (χ4v) is 4.15. The molecule has 2 aliphatic carbocycles. The van der Waals surface area contributed by atoms with E-state index in [0.29, 0.717) is 18.0 Å². The van der Waals surface area contributed by atoms with E-state index in [1.807, 2.05) is 0 Å². The highest BCUT2D eigenvalue weighted by Crippen LogP contribution is 2.26. The third-order valence-electron chi connectivity index (χ3n) is 5.89. The molecule has 3 unspecified atom stereocenters. The SMILES string of the molecule is CCNC(=NCC(C)CN1CCOCC1)NC1CCCC(C(=O)NC2CC2)C1. The number of guanidine groups is 1. The minimum absolute atomic E-state index is 0.148. The molecule has 28 heavy (non-hydrogen) atoms. The molecule has 160 valence electrons. The van der Waals surface area contributed by atoms with Crippen molar-refractivity contribution in [2.75, 3.05) is 45.9 Å². The molecule has 3 N–H and O–H groups in total. The second-order valence-corrected chi connectivity index (χ2v) is 8.73. The molecule has 0 aromatic rings. The molecular formula is C21H39N5O2. The van der Waals surface area contributed by atoms with Gasteiger partial charge in [-0.1, -0.05) is 13.3 Å². The Morgan fingerprint density at radius 1 is 1.14 bits per heavy atom. The molecule has 3 atom stereocenters. The molecule has 1 heterocycles. The highest BCUT2D eigenvalue weighted by Gasteiger charge is 2.31. The Labute approximate surface area is 170 Å². The Bertz CT molecular complexity index is 517. The molecule has 7 nitrogen and oxygen atoms in total. The predicted octanol–water partition coefficient (Wildman–Crippen LogP) is 1.35. The topological polar surface area (TPSA) is 78.0 Å². The van der Waals surface area contributed by atoms with Crippen LogP contribution in [0.4, 0.5) is 0 Å². The Kier molecular flexibility index (Phi) is 8.40. The summed E-state index contributed by atoms with van der Waals surface area (Å²) in [5.74, 6) is 1.81. The van der Waals surface area contributed by atoms with Crippen LogP contribution in [0.3, 0.4) is 0 Å². The van der Waals surface area contributed by atoms with Gasteiger partial charge in [-0.3, -0.25) is 14.7 Å². The standard InChI is InChI=1S/C21H39N5O2/c1-3-22-21(23-14-16(2)15-26-9-11-28-12-10-26)25-19-6-4-5-17(13-19)20(27)24-18-7-8-18/h16-19H,3-15H2,1-2H3,(H,24,27)(H2,22,23,25). The summed E-state index contributed by atoms with van der Waals surface area (Å²) in [6.07, 6.45) is 6.45. The van der Waals surface area contributed by atoms with Crippen molar-refractivity contribution in [2.45, 2.75) is 64.5 Å². The van der Waals surface area contributed by atoms with Crippen molar-refractivity contribution in [1.82, 2.24) is 20.9 Å². The highest BCUT2D eigenvalue weighted by molar-refractivity contribution is 5.81. The number of ether oxygens (including phenoxy) is 1. The monoisotopic (exact) mass is 393 g/mol. The fourth-order valence-electron chi connectivity index (χ4n) is 4.15. The minimum atomic E-state index is 0.148. The minimum Gasteiger partial charge on any atom is -0.379 e. The quantitative estimate of drug-likeness (QED) is 0.429. The third-order valence-corrected chi connectivity index (χ3v) is 5.89. The summed E-state index contributed by atoms with van der Waals surface area (Å²) in [5.41, 5.74) is 0. The van der Waals surface area contributed by atoms with Crippen molar-refractivity contribution in [3.63, 3.8) is 0 Å². The van der Waals surface area contributed by atoms with Gasteiger partial charge in [-0.05, 0) is 44.9 Å². The van der Waals surface area contributed by atoms with Gasteiger partial charge in [0.1, 0.15) is 0 Å². The normalized spacial score (nSPS) is 27.9. The number of hydrogen-bond donors (Lipinski definition) is 3. The maximum absolute atomic E-state index is 12.4. The van der Waals surface area contributed by atoms with E-state index in [-0.39, 0.29) is 11.8 Å². The molecule has 0 bridgehead atoms. The number of nitrogens with one attached hydrogen (secondary N) is 3. The number of rotatable bonds is 8. The molecule has 0 aromatic heterocycles. The average molecular weight is 394 g/mol. The number of morpholine rings is 1. The van der Waals surface area contributed by atoms with E-state index in [1.54, 1.807) is 0 Å². The van der Waals surface area contributed by atoms with Gasteiger partial charge in [-0.15, -0.1) is 0 Å². The zero-order valence-electron chi connectivity index (χ0n) is 17.7. The van der Waals surface area contributed by atoms with Gasteiger partial charge in [0.25, 0.3) is 0 Å². The zero-order valence-corrected chi connectivity index (χ0v) is 17.7. The van der Waals surface area contributed by atoms with Crippen molar-refractivity contribution < 1.29 is 9.53 Å². The number of hydrogen-bond acceptors (Lipinski definition) is 4. The third kappa shape index (κ3) is 7.24. The second-order valence-electron chi connectivity index (χ2n) is 8.73. The van der Waals surface area contributed by atoms with Crippen molar-refractivity contribution in [1.29, 1.82) is 0 Å². The van der Waals surface area contributed by atoms with Crippen LogP contribution >= 0.6 is 0 Å². The van der Waals surface area contributed by atoms with Gasteiger partial charge in [0.05, 0.1) is 13.2 Å². The maximum Gasteiger partial charge on any atom is 0.223 e. The van der Waals surface area contributed by atoms with Crippen molar-refractivity contribution in [3.05, 3.63) is 0 Å². The maximum atomic E-state index is 12.4. The number of aliphatic imine (C=N–C) groups is 1. The first kappa shape index (κ1) is 21.4. The summed E-state index contributed by atoms with van der Waals surface area (Å²) in [6, 6.07) is 0.781. The summed E-state index contributed by atoms with van der Waals surface area (Å²) in [4.78, 5) is 19.7. The first-order chi connectivity index (χ1) is 13.6. The predicted molar refractivity (Wildman–Crippen MR) is 112 cm³/mol. The summed E-state index contributed by atoms with van der Waals surface area (Å²) in [5, 5.41) is 10.2. The van der Waals surface area contributed by atoms with E-state index in [0.717, 1.165) is 90.4 Å². The van der Waals surface area contributed by atoms with E-state index in [9.17, 15) is 4.79 Å². The molecule has 1 aliphatic heterocycles. The Morgan fingerprint density at radius 3 is 2.64 bits per heavy atom. The molecule has 1 saturated heterocycles. The van der Waals surface area contributed by atoms with Crippen LogP contribution in [-0.2, 0) is 9.53 Å². The van der Waals surface area contributed by atoms with E-state index in [2.05, 4.69) is 34.7 Å². The van der Waals surface area contributed by atoms with Gasteiger partial charge in [0, 0.05) is 50.7 Å². The van der Waals surface area contributed by atoms with Gasteiger partial charge in [-0.25, -0.2) is 0 Å². The number of amides is 1. The molecule has 0 spiro atoms. The van der Waals surface area contributed by atoms with E-state index in [4.69, 9.17) is 9.73 Å². The Hall–Kier alpha value is -1.34. The number of nitrogens with zero attached hydrogens (tertiary/aromatic N) is 2. The van der Waals surface area contributed by atoms with Crippen LogP contribution in [-0.4, -0.2) is 74.8 Å². The molecule has 2 saturated carbocycles. The highest BCUT2D eigenvalue weighted by atomic mass is 16.5. The lowest BCUT2D eigenvalue weighted by Crippen LogP contribution is -2.47. The van der Waals surface area contributed by atoms with Crippen LogP contribution < -0.4 is 16.0 Å². The molecule has 3 aliphatic rings. The molecule has 0 radical (unpaired) electrons. The largest absolute Gasteiger partial charge is 0.379 e. The summed E-state index contributed by atoms with van der Waals surface area (Å²) < 4.78 is 5.43. The lowest BCUT2D eigenvalue weighted by molar-refractivity contribution is -0.126. The van der Waals surface area contributed by atoms with Gasteiger partial charge in [0.15, 0.2) is 5.96 Å². The Morgan fingerprint density at radius 2 is 1.93 bits per heavy atom. The van der Waals surface area contributed by atoms with Crippen molar-refractivity contribution in [2.24, 2.45) is 16.8 Å². The van der Waals surface area contributed by atoms with Gasteiger partial charge in [0.2, 0.25) is 5.91 Å². The Balaban J connectivity index is 1.45. The van der Waals surface area contributed by atoms with Crippen LogP contribution in [0.2, 0.25) is 0 Å².